The number of esters is 1. The van der Waals surface area contributed by atoms with Gasteiger partial charge in [-0.2, -0.15) is 0 Å². The van der Waals surface area contributed by atoms with Gasteiger partial charge in [0, 0.05) is 6.54 Å². The van der Waals surface area contributed by atoms with Gasteiger partial charge in [-0.1, -0.05) is 13.3 Å². The van der Waals surface area contributed by atoms with E-state index in [0.717, 1.165) is 12.8 Å². The number of hydrogen-bond donors (Lipinski definition) is 1. The molecule has 128 valence electrons. The quantitative estimate of drug-likeness (QED) is 0.558. The highest BCUT2D eigenvalue weighted by molar-refractivity contribution is 5.92. The summed E-state index contributed by atoms with van der Waals surface area (Å²) < 4.78 is 15.8. The van der Waals surface area contributed by atoms with Crippen LogP contribution in [0.4, 0.5) is 0 Å². The maximum Gasteiger partial charge on any atom is 0.338 e. The number of carbonyl (C=O) groups is 2. The van der Waals surface area contributed by atoms with Crippen molar-refractivity contribution in [3.05, 3.63) is 23.8 Å². The maximum atomic E-state index is 12.0. The number of ether oxygens (including phenoxy) is 3. The van der Waals surface area contributed by atoms with Crippen LogP contribution in [0.1, 0.15) is 44.0 Å². The first-order valence-corrected chi connectivity index (χ1v) is 7.76. The first-order valence-electron chi connectivity index (χ1n) is 7.76. The lowest BCUT2D eigenvalue weighted by Gasteiger charge is -2.14. The Morgan fingerprint density at radius 3 is 2.57 bits per heavy atom. The summed E-state index contributed by atoms with van der Waals surface area (Å²) in [6.45, 7) is 6.13. The van der Waals surface area contributed by atoms with E-state index < -0.39 is 5.97 Å². The number of methoxy groups -OCH3 is 1. The standard InChI is InChI=1S/C17H25NO5/c1-5-6-9-18-16(19)11-22-17(20)13-7-8-14(23-12(2)3)15(10-13)21-4/h7-8,10,12H,5-6,9,11H2,1-4H3,(H,18,19). The van der Waals surface area contributed by atoms with Crippen LogP contribution in [0.25, 0.3) is 0 Å². The highest BCUT2D eigenvalue weighted by Crippen LogP contribution is 2.29. The average molecular weight is 323 g/mol. The largest absolute Gasteiger partial charge is 0.493 e. The smallest absolute Gasteiger partial charge is 0.338 e. The minimum Gasteiger partial charge on any atom is -0.493 e. The van der Waals surface area contributed by atoms with Gasteiger partial charge in [-0.15, -0.1) is 0 Å². The van der Waals surface area contributed by atoms with Gasteiger partial charge in [0.15, 0.2) is 18.1 Å². The van der Waals surface area contributed by atoms with Crippen molar-refractivity contribution >= 4 is 11.9 Å². The molecule has 0 aliphatic rings. The Morgan fingerprint density at radius 1 is 1.22 bits per heavy atom. The molecule has 6 heteroatoms. The lowest BCUT2D eigenvalue weighted by molar-refractivity contribution is -0.124. The first-order chi connectivity index (χ1) is 11.0. The molecule has 23 heavy (non-hydrogen) atoms. The third-order valence-electron chi connectivity index (χ3n) is 2.95. The number of amides is 1. The van der Waals surface area contributed by atoms with E-state index in [1.807, 2.05) is 20.8 Å². The fourth-order valence-electron chi connectivity index (χ4n) is 1.82. The van der Waals surface area contributed by atoms with Crippen molar-refractivity contribution in [1.29, 1.82) is 0 Å². The molecule has 0 heterocycles. The van der Waals surface area contributed by atoms with Gasteiger partial charge in [0.25, 0.3) is 5.91 Å². The highest BCUT2D eigenvalue weighted by Gasteiger charge is 2.14. The summed E-state index contributed by atoms with van der Waals surface area (Å²) in [4.78, 5) is 23.5. The summed E-state index contributed by atoms with van der Waals surface area (Å²) in [5, 5.41) is 2.68. The molecule has 1 aromatic rings. The molecule has 0 aromatic heterocycles. The molecule has 0 unspecified atom stereocenters. The van der Waals surface area contributed by atoms with Gasteiger partial charge < -0.3 is 19.5 Å². The molecule has 0 radical (unpaired) electrons. The van der Waals surface area contributed by atoms with Crippen molar-refractivity contribution in [2.45, 2.75) is 39.7 Å². The fourth-order valence-corrected chi connectivity index (χ4v) is 1.82. The molecule has 1 rings (SSSR count). The zero-order valence-corrected chi connectivity index (χ0v) is 14.2. The molecule has 1 aromatic carbocycles. The molecular weight excluding hydrogens is 298 g/mol. The van der Waals surface area contributed by atoms with Crippen molar-refractivity contribution in [3.63, 3.8) is 0 Å². The van der Waals surface area contributed by atoms with E-state index in [4.69, 9.17) is 14.2 Å². The molecule has 1 amide bonds. The van der Waals surface area contributed by atoms with E-state index in [0.29, 0.717) is 23.6 Å². The number of unbranched alkanes of at least 4 members (excludes halogenated alkanes) is 1. The zero-order valence-electron chi connectivity index (χ0n) is 14.2. The van der Waals surface area contributed by atoms with Gasteiger partial charge in [-0.3, -0.25) is 4.79 Å². The van der Waals surface area contributed by atoms with Crippen LogP contribution < -0.4 is 14.8 Å². The molecule has 0 saturated heterocycles. The summed E-state index contributed by atoms with van der Waals surface area (Å²) >= 11 is 0. The lowest BCUT2D eigenvalue weighted by atomic mass is 10.2. The van der Waals surface area contributed by atoms with Gasteiger partial charge >= 0.3 is 5.97 Å². The Morgan fingerprint density at radius 2 is 1.96 bits per heavy atom. The van der Waals surface area contributed by atoms with E-state index >= 15 is 0 Å². The Hall–Kier alpha value is -2.24. The van der Waals surface area contributed by atoms with Crippen molar-refractivity contribution in [3.8, 4) is 11.5 Å². The number of hydrogen-bond acceptors (Lipinski definition) is 5. The fraction of sp³-hybridized carbons (Fsp3) is 0.529. The minimum atomic E-state index is -0.579. The Labute approximate surface area is 137 Å². The van der Waals surface area contributed by atoms with Crippen LogP contribution in [0.15, 0.2) is 18.2 Å². The van der Waals surface area contributed by atoms with Gasteiger partial charge in [-0.25, -0.2) is 4.79 Å². The number of rotatable bonds is 9. The topological polar surface area (TPSA) is 73.9 Å². The second-order valence-electron chi connectivity index (χ2n) is 5.31. The average Bonchev–Trinajstić information content (AvgIpc) is 2.52. The first kappa shape index (κ1) is 18.8. The summed E-state index contributed by atoms with van der Waals surface area (Å²) in [6.07, 6.45) is 1.88. The minimum absolute atomic E-state index is 0.00600. The van der Waals surface area contributed by atoms with Crippen LogP contribution in [-0.2, 0) is 9.53 Å². The van der Waals surface area contributed by atoms with Crippen molar-refractivity contribution in [2.75, 3.05) is 20.3 Å². The number of benzene rings is 1. The van der Waals surface area contributed by atoms with Gasteiger partial charge in [0.05, 0.1) is 18.8 Å². The molecule has 1 N–H and O–H groups in total. The van der Waals surface area contributed by atoms with Gasteiger partial charge in [0.2, 0.25) is 0 Å². The molecule has 0 atom stereocenters. The maximum absolute atomic E-state index is 12.0. The zero-order chi connectivity index (χ0) is 17.2. The summed E-state index contributed by atoms with van der Waals surface area (Å²) in [7, 11) is 1.50. The third kappa shape index (κ3) is 6.59. The second-order valence-corrected chi connectivity index (χ2v) is 5.31. The van der Waals surface area contributed by atoms with Crippen molar-refractivity contribution < 1.29 is 23.8 Å². The third-order valence-corrected chi connectivity index (χ3v) is 2.95. The molecule has 0 spiro atoms. The molecule has 0 aliphatic heterocycles. The molecule has 0 saturated carbocycles. The second kappa shape index (κ2) is 9.71. The molecule has 0 bridgehead atoms. The van der Waals surface area contributed by atoms with Crippen LogP contribution >= 0.6 is 0 Å². The molecular formula is C17H25NO5. The summed E-state index contributed by atoms with van der Waals surface area (Å²) in [5.41, 5.74) is 0.305. The Bertz CT molecular complexity index is 528. The van der Waals surface area contributed by atoms with Crippen LogP contribution in [0.3, 0.4) is 0 Å². The van der Waals surface area contributed by atoms with Crippen molar-refractivity contribution in [1.82, 2.24) is 5.32 Å². The van der Waals surface area contributed by atoms with E-state index in [1.165, 1.54) is 13.2 Å². The number of carbonyl (C=O) groups excluding carboxylic acids is 2. The van der Waals surface area contributed by atoms with Crippen LogP contribution in [0, 0.1) is 0 Å². The monoisotopic (exact) mass is 323 g/mol. The van der Waals surface area contributed by atoms with Crippen LogP contribution in [0.5, 0.6) is 11.5 Å². The van der Waals surface area contributed by atoms with E-state index in [9.17, 15) is 9.59 Å². The van der Waals surface area contributed by atoms with Gasteiger partial charge in [-0.05, 0) is 38.5 Å². The van der Waals surface area contributed by atoms with Crippen LogP contribution in [-0.4, -0.2) is 38.2 Å². The Balaban J connectivity index is 2.60. The Kier molecular flexibility index (Phi) is 7.94. The normalized spacial score (nSPS) is 10.3. The van der Waals surface area contributed by atoms with E-state index in [1.54, 1.807) is 12.1 Å². The van der Waals surface area contributed by atoms with E-state index in [-0.39, 0.29) is 18.6 Å². The molecule has 0 fully saturated rings. The van der Waals surface area contributed by atoms with E-state index in [2.05, 4.69) is 5.32 Å². The van der Waals surface area contributed by atoms with Gasteiger partial charge in [0.1, 0.15) is 0 Å². The number of nitrogens with one attached hydrogen (secondary N) is 1. The molecule has 0 aliphatic carbocycles. The van der Waals surface area contributed by atoms with Crippen LogP contribution in [0.2, 0.25) is 0 Å². The lowest BCUT2D eigenvalue weighted by Crippen LogP contribution is -2.29. The van der Waals surface area contributed by atoms with Crippen molar-refractivity contribution in [2.24, 2.45) is 0 Å². The summed E-state index contributed by atoms with van der Waals surface area (Å²) in [5.74, 6) is 0.112. The predicted octanol–water partition coefficient (Wildman–Crippen LogP) is 2.56. The molecule has 6 nitrogen and oxygen atoms in total. The highest BCUT2D eigenvalue weighted by atomic mass is 16.5. The summed E-state index contributed by atoms with van der Waals surface area (Å²) in [6, 6.07) is 4.77. The SMILES string of the molecule is CCCCNC(=O)COC(=O)c1ccc(OC(C)C)c(OC)c1. The predicted molar refractivity (Wildman–Crippen MR) is 87.0 cm³/mol.